The van der Waals surface area contributed by atoms with Crippen LogP contribution >= 0.6 is 0 Å². The van der Waals surface area contributed by atoms with Gasteiger partial charge in [0, 0.05) is 30.8 Å². The maximum absolute atomic E-state index is 13.3. The van der Waals surface area contributed by atoms with Crippen molar-refractivity contribution in [1.82, 2.24) is 9.47 Å². The smallest absolute Gasteiger partial charge is 0.354 e. The van der Waals surface area contributed by atoms with E-state index in [-0.39, 0.29) is 17.6 Å². The van der Waals surface area contributed by atoms with Crippen molar-refractivity contribution in [3.63, 3.8) is 0 Å². The summed E-state index contributed by atoms with van der Waals surface area (Å²) in [5.41, 5.74) is 2.23. The molecular formula is C21H32N2O4. The second-order valence-corrected chi connectivity index (χ2v) is 7.54. The van der Waals surface area contributed by atoms with Gasteiger partial charge in [0.25, 0.3) is 0 Å². The van der Waals surface area contributed by atoms with Crippen molar-refractivity contribution in [2.24, 2.45) is 13.0 Å². The van der Waals surface area contributed by atoms with Gasteiger partial charge in [0.2, 0.25) is 5.91 Å². The Morgan fingerprint density at radius 2 is 1.81 bits per heavy atom. The number of carbonyl (C=O) groups is 3. The third-order valence-corrected chi connectivity index (χ3v) is 5.85. The minimum Gasteiger partial charge on any atom is -0.464 e. The van der Waals surface area contributed by atoms with E-state index in [4.69, 9.17) is 4.74 Å². The van der Waals surface area contributed by atoms with Gasteiger partial charge < -0.3 is 14.2 Å². The summed E-state index contributed by atoms with van der Waals surface area (Å²) in [4.78, 5) is 40.2. The second kappa shape index (κ2) is 8.72. The van der Waals surface area contributed by atoms with Gasteiger partial charge in [-0.15, -0.1) is 0 Å². The molecule has 1 aromatic rings. The summed E-state index contributed by atoms with van der Waals surface area (Å²) in [6, 6.07) is -0.552. The Balaban J connectivity index is 2.37. The predicted octanol–water partition coefficient (Wildman–Crippen LogP) is 3.43. The van der Waals surface area contributed by atoms with Crippen LogP contribution in [0, 0.1) is 19.8 Å². The number of rotatable bonds is 7. The molecule has 1 heterocycles. The molecule has 1 aliphatic rings. The van der Waals surface area contributed by atoms with Crippen molar-refractivity contribution in [3.05, 3.63) is 22.5 Å². The number of esters is 1. The van der Waals surface area contributed by atoms with Crippen LogP contribution in [0.15, 0.2) is 0 Å². The maximum atomic E-state index is 13.3. The lowest BCUT2D eigenvalue weighted by Crippen LogP contribution is -2.46. The summed E-state index contributed by atoms with van der Waals surface area (Å²) in [7, 11) is 3.08. The van der Waals surface area contributed by atoms with Crippen LogP contribution < -0.4 is 0 Å². The highest BCUT2D eigenvalue weighted by Crippen LogP contribution is 2.29. The first-order valence-electron chi connectivity index (χ1n) is 9.85. The highest BCUT2D eigenvalue weighted by atomic mass is 16.5. The SMILES string of the molecule is CCCN(C(=O)C1CCCC1)C(C)C(=O)c1c(C)c(C(=O)OC)n(C)c1C. The van der Waals surface area contributed by atoms with E-state index in [0.29, 0.717) is 23.4 Å². The molecule has 0 bridgehead atoms. The van der Waals surface area contributed by atoms with Gasteiger partial charge in [0.15, 0.2) is 5.78 Å². The van der Waals surface area contributed by atoms with E-state index < -0.39 is 12.0 Å². The number of ketones is 1. The lowest BCUT2D eigenvalue weighted by molar-refractivity contribution is -0.136. The molecule has 6 nitrogen and oxygen atoms in total. The Kier molecular flexibility index (Phi) is 6.84. The lowest BCUT2D eigenvalue weighted by Gasteiger charge is -2.30. The number of methoxy groups -OCH3 is 1. The standard InChI is InChI=1S/C21H32N2O4/c1-7-12-23(20(25)16-10-8-9-11-16)15(4)19(24)17-13(2)18(21(26)27-6)22(5)14(17)3/h15-16H,7-12H2,1-6H3. The average Bonchev–Trinajstić information content (AvgIpc) is 3.25. The van der Waals surface area contributed by atoms with Gasteiger partial charge in [-0.2, -0.15) is 0 Å². The summed E-state index contributed by atoms with van der Waals surface area (Å²) < 4.78 is 6.56. The molecule has 1 amide bonds. The number of carbonyl (C=O) groups excluding carboxylic acids is 3. The van der Waals surface area contributed by atoms with Crippen molar-refractivity contribution in [2.45, 2.75) is 65.8 Å². The molecule has 0 saturated heterocycles. The van der Waals surface area contributed by atoms with E-state index in [1.807, 2.05) is 13.8 Å². The summed E-state index contributed by atoms with van der Waals surface area (Å²) in [6.07, 6.45) is 4.79. The Hall–Kier alpha value is -2.11. The molecule has 0 radical (unpaired) electrons. The van der Waals surface area contributed by atoms with Gasteiger partial charge in [-0.1, -0.05) is 19.8 Å². The highest BCUT2D eigenvalue weighted by molar-refractivity contribution is 6.06. The van der Waals surface area contributed by atoms with Crippen molar-refractivity contribution < 1.29 is 19.1 Å². The number of hydrogen-bond acceptors (Lipinski definition) is 4. The summed E-state index contributed by atoms with van der Waals surface area (Å²) >= 11 is 0. The fraction of sp³-hybridized carbons (Fsp3) is 0.667. The van der Waals surface area contributed by atoms with Crippen molar-refractivity contribution in [1.29, 1.82) is 0 Å². The van der Waals surface area contributed by atoms with E-state index in [1.54, 1.807) is 30.4 Å². The number of Topliss-reactive ketones (excluding diaryl/α,β-unsaturated/α-hetero) is 1. The first-order valence-corrected chi connectivity index (χ1v) is 9.85. The molecule has 0 N–H and O–H groups in total. The third kappa shape index (κ3) is 3.94. The zero-order chi connectivity index (χ0) is 20.3. The van der Waals surface area contributed by atoms with E-state index in [9.17, 15) is 14.4 Å². The van der Waals surface area contributed by atoms with Gasteiger partial charge in [-0.3, -0.25) is 9.59 Å². The largest absolute Gasteiger partial charge is 0.464 e. The fourth-order valence-electron chi connectivity index (χ4n) is 4.22. The van der Waals surface area contributed by atoms with Gasteiger partial charge in [0.1, 0.15) is 5.69 Å². The molecular weight excluding hydrogens is 344 g/mol. The normalized spacial score (nSPS) is 15.6. The van der Waals surface area contributed by atoms with Crippen LogP contribution in [-0.2, 0) is 16.6 Å². The zero-order valence-electron chi connectivity index (χ0n) is 17.4. The molecule has 0 aliphatic heterocycles. The van der Waals surface area contributed by atoms with E-state index in [0.717, 1.165) is 37.8 Å². The van der Waals surface area contributed by atoms with Crippen molar-refractivity contribution in [2.75, 3.05) is 13.7 Å². The third-order valence-electron chi connectivity index (χ3n) is 5.85. The van der Waals surface area contributed by atoms with Crippen LogP contribution in [0.25, 0.3) is 0 Å². The average molecular weight is 376 g/mol. The summed E-state index contributed by atoms with van der Waals surface area (Å²) in [6.45, 7) is 7.97. The first kappa shape index (κ1) is 21.2. The molecule has 0 aromatic carbocycles. The van der Waals surface area contributed by atoms with Gasteiger partial charge >= 0.3 is 5.97 Å². The molecule has 1 atom stereocenters. The van der Waals surface area contributed by atoms with Crippen LogP contribution in [0.4, 0.5) is 0 Å². The molecule has 27 heavy (non-hydrogen) atoms. The Morgan fingerprint density at radius 1 is 1.22 bits per heavy atom. The Labute approximate surface area is 161 Å². The summed E-state index contributed by atoms with van der Waals surface area (Å²) in [5, 5.41) is 0. The van der Waals surface area contributed by atoms with Crippen molar-refractivity contribution >= 4 is 17.7 Å². The van der Waals surface area contributed by atoms with E-state index in [2.05, 4.69) is 0 Å². The topological polar surface area (TPSA) is 68.6 Å². The Morgan fingerprint density at radius 3 is 2.33 bits per heavy atom. The van der Waals surface area contributed by atoms with Gasteiger partial charge in [-0.25, -0.2) is 4.79 Å². The first-order chi connectivity index (χ1) is 12.8. The minimum absolute atomic E-state index is 0.0374. The number of ether oxygens (including phenoxy) is 1. The quantitative estimate of drug-likeness (QED) is 0.540. The predicted molar refractivity (Wildman–Crippen MR) is 104 cm³/mol. The number of amides is 1. The van der Waals surface area contributed by atoms with Gasteiger partial charge in [0.05, 0.1) is 13.2 Å². The molecule has 1 unspecified atom stereocenters. The lowest BCUT2D eigenvalue weighted by atomic mass is 9.98. The zero-order valence-corrected chi connectivity index (χ0v) is 17.4. The Bertz CT molecular complexity index is 729. The molecule has 1 aromatic heterocycles. The fourth-order valence-corrected chi connectivity index (χ4v) is 4.22. The molecule has 1 saturated carbocycles. The van der Waals surface area contributed by atoms with Crippen LogP contribution in [0.3, 0.4) is 0 Å². The molecule has 6 heteroatoms. The van der Waals surface area contributed by atoms with Crippen LogP contribution in [0.1, 0.15) is 78.1 Å². The summed E-state index contributed by atoms with van der Waals surface area (Å²) in [5.74, 6) is -0.446. The monoisotopic (exact) mass is 376 g/mol. The minimum atomic E-state index is -0.552. The molecule has 2 rings (SSSR count). The molecule has 0 spiro atoms. The van der Waals surface area contributed by atoms with Crippen molar-refractivity contribution in [3.8, 4) is 0 Å². The number of aromatic nitrogens is 1. The van der Waals surface area contributed by atoms with E-state index >= 15 is 0 Å². The number of hydrogen-bond donors (Lipinski definition) is 0. The molecule has 1 fully saturated rings. The molecule has 1 aliphatic carbocycles. The van der Waals surface area contributed by atoms with Crippen LogP contribution in [0.2, 0.25) is 0 Å². The van der Waals surface area contributed by atoms with Crippen LogP contribution in [0.5, 0.6) is 0 Å². The molecule has 150 valence electrons. The highest BCUT2D eigenvalue weighted by Gasteiger charge is 2.35. The maximum Gasteiger partial charge on any atom is 0.354 e. The van der Waals surface area contributed by atoms with Crippen LogP contribution in [-0.4, -0.2) is 46.8 Å². The van der Waals surface area contributed by atoms with E-state index in [1.165, 1.54) is 7.11 Å². The number of nitrogens with zero attached hydrogens (tertiary/aromatic N) is 2. The van der Waals surface area contributed by atoms with Gasteiger partial charge in [-0.05, 0) is 45.6 Å². The second-order valence-electron chi connectivity index (χ2n) is 7.54.